The lowest BCUT2D eigenvalue weighted by Gasteiger charge is -2.18. The van der Waals surface area contributed by atoms with Crippen LogP contribution in [0.1, 0.15) is 310 Å². The van der Waals surface area contributed by atoms with Gasteiger partial charge in [-0.2, -0.15) is 0 Å². The zero-order valence-corrected chi connectivity index (χ0v) is 47.7. The van der Waals surface area contributed by atoms with Crippen LogP contribution in [-0.2, 0) is 28.6 Å². The zero-order chi connectivity index (χ0) is 52.2. The van der Waals surface area contributed by atoms with E-state index in [1.54, 1.807) is 0 Å². The number of allylic oxidation sites excluding steroid dienone is 12. The van der Waals surface area contributed by atoms with Crippen molar-refractivity contribution in [3.8, 4) is 0 Å². The molecule has 0 aromatic rings. The average molecular weight is 1010 g/mol. The van der Waals surface area contributed by atoms with Gasteiger partial charge in [-0.3, -0.25) is 14.4 Å². The highest BCUT2D eigenvalue weighted by molar-refractivity contribution is 5.71. The first-order valence-corrected chi connectivity index (χ1v) is 31.0. The van der Waals surface area contributed by atoms with Gasteiger partial charge in [0.1, 0.15) is 13.2 Å². The van der Waals surface area contributed by atoms with E-state index in [-0.39, 0.29) is 31.1 Å². The second-order valence-electron chi connectivity index (χ2n) is 20.7. The minimum absolute atomic E-state index is 0.0943. The second kappa shape index (κ2) is 60.4. The van der Waals surface area contributed by atoms with Crippen LogP contribution in [0.3, 0.4) is 0 Å². The van der Waals surface area contributed by atoms with E-state index >= 15 is 0 Å². The molecule has 416 valence electrons. The van der Waals surface area contributed by atoms with Gasteiger partial charge in [0.25, 0.3) is 0 Å². The van der Waals surface area contributed by atoms with Crippen LogP contribution in [0.15, 0.2) is 72.9 Å². The maximum absolute atomic E-state index is 12.9. The molecule has 0 unspecified atom stereocenters. The Hall–Kier alpha value is -3.15. The fraction of sp³-hybridized carbons (Fsp3) is 0.773. The van der Waals surface area contributed by atoms with Gasteiger partial charge in [0.2, 0.25) is 0 Å². The van der Waals surface area contributed by atoms with Crippen LogP contribution >= 0.6 is 0 Å². The van der Waals surface area contributed by atoms with Crippen molar-refractivity contribution in [2.24, 2.45) is 0 Å². The van der Waals surface area contributed by atoms with Crippen molar-refractivity contribution in [3.05, 3.63) is 72.9 Å². The first-order valence-electron chi connectivity index (χ1n) is 31.0. The largest absolute Gasteiger partial charge is 0.462 e. The molecular formula is C66H116O6. The number of rotatable bonds is 56. The van der Waals surface area contributed by atoms with Crippen molar-refractivity contribution in [3.63, 3.8) is 0 Å². The first kappa shape index (κ1) is 68.8. The number of hydrogen-bond acceptors (Lipinski definition) is 6. The summed E-state index contributed by atoms with van der Waals surface area (Å²) in [6.45, 7) is 6.62. The molecule has 0 heterocycles. The molecule has 0 rings (SSSR count). The highest BCUT2D eigenvalue weighted by Crippen LogP contribution is 2.15. The standard InChI is InChI=1S/C66H116O6/c1-4-7-10-13-16-19-22-25-28-31-34-37-40-43-46-49-52-55-58-64(67)70-61-63(72-66(69)60-57-54-51-48-45-42-39-36-33-30-27-24-21-18-15-12-9-6-3)62-71-65(68)59-56-53-50-47-44-41-38-35-32-29-26-23-20-17-14-11-8-5-2/h28-39,63H,4-27,40-62H2,1-3H3/b31-28-,32-29-,33-30-,37-34-,38-35-,39-36-. The summed E-state index contributed by atoms with van der Waals surface area (Å²) in [5, 5.41) is 0. The van der Waals surface area contributed by atoms with E-state index in [4.69, 9.17) is 14.2 Å². The van der Waals surface area contributed by atoms with E-state index in [1.807, 2.05) is 0 Å². The van der Waals surface area contributed by atoms with Gasteiger partial charge in [-0.1, -0.05) is 267 Å². The topological polar surface area (TPSA) is 78.9 Å². The van der Waals surface area contributed by atoms with Crippen LogP contribution in [0, 0.1) is 0 Å². The Kier molecular flexibility index (Phi) is 57.8. The predicted octanol–water partition coefficient (Wildman–Crippen LogP) is 20.9. The van der Waals surface area contributed by atoms with Gasteiger partial charge >= 0.3 is 17.9 Å². The van der Waals surface area contributed by atoms with Gasteiger partial charge in [0, 0.05) is 19.3 Å². The summed E-state index contributed by atoms with van der Waals surface area (Å²) in [4.78, 5) is 38.3. The molecule has 6 nitrogen and oxygen atoms in total. The molecule has 0 amide bonds. The van der Waals surface area contributed by atoms with Gasteiger partial charge in [-0.15, -0.1) is 0 Å². The Labute approximate surface area is 446 Å². The molecule has 0 aromatic heterocycles. The van der Waals surface area contributed by atoms with Gasteiger partial charge in [0.15, 0.2) is 6.10 Å². The molecule has 0 aliphatic carbocycles. The molecule has 0 N–H and O–H groups in total. The highest BCUT2D eigenvalue weighted by atomic mass is 16.6. The highest BCUT2D eigenvalue weighted by Gasteiger charge is 2.19. The molecule has 0 atom stereocenters. The fourth-order valence-corrected chi connectivity index (χ4v) is 8.77. The summed E-state index contributed by atoms with van der Waals surface area (Å²) in [5.74, 6) is -0.926. The third-order valence-corrected chi connectivity index (χ3v) is 13.5. The van der Waals surface area contributed by atoms with Crippen molar-refractivity contribution < 1.29 is 28.6 Å². The van der Waals surface area contributed by atoms with Crippen molar-refractivity contribution in [2.45, 2.75) is 316 Å². The Bertz CT molecular complexity index is 1270. The van der Waals surface area contributed by atoms with E-state index in [1.165, 1.54) is 154 Å². The molecule has 0 radical (unpaired) electrons. The number of esters is 3. The molecule has 0 bridgehead atoms. The van der Waals surface area contributed by atoms with Crippen LogP contribution in [0.25, 0.3) is 0 Å². The monoisotopic (exact) mass is 1000 g/mol. The van der Waals surface area contributed by atoms with E-state index in [9.17, 15) is 14.4 Å². The van der Waals surface area contributed by atoms with Crippen molar-refractivity contribution in [1.29, 1.82) is 0 Å². The summed E-state index contributed by atoms with van der Waals surface area (Å²) < 4.78 is 16.9. The maximum atomic E-state index is 12.9. The Morgan fingerprint density at radius 2 is 0.486 bits per heavy atom. The SMILES string of the molecule is CCCCCCCCC/C=C\C=C/CCCCCCCC(=O)OCC(COC(=O)CCCCCCC/C=C\C=C/CCCCCCCCC)OC(=O)CCCCCCC/C=C\C=C/CCCCCCCCC. The van der Waals surface area contributed by atoms with Gasteiger partial charge in [-0.05, 0) is 96.3 Å². The summed E-state index contributed by atoms with van der Waals surface area (Å²) in [6.07, 6.45) is 77.5. The van der Waals surface area contributed by atoms with Gasteiger partial charge in [0.05, 0.1) is 0 Å². The lowest BCUT2D eigenvalue weighted by Crippen LogP contribution is -2.30. The van der Waals surface area contributed by atoms with Crippen molar-refractivity contribution in [2.75, 3.05) is 13.2 Å². The first-order chi connectivity index (χ1) is 35.5. The van der Waals surface area contributed by atoms with Crippen molar-refractivity contribution >= 4 is 17.9 Å². The Morgan fingerprint density at radius 1 is 0.278 bits per heavy atom. The predicted molar refractivity (Wildman–Crippen MR) is 311 cm³/mol. The average Bonchev–Trinajstić information content (AvgIpc) is 3.38. The second-order valence-corrected chi connectivity index (χ2v) is 20.7. The molecule has 0 saturated carbocycles. The molecule has 0 saturated heterocycles. The summed E-state index contributed by atoms with van der Waals surface area (Å²) in [5.41, 5.74) is 0. The molecular weight excluding hydrogens is 889 g/mol. The minimum Gasteiger partial charge on any atom is -0.462 e. The molecule has 0 aliphatic rings. The summed E-state index contributed by atoms with van der Waals surface area (Å²) in [7, 11) is 0. The van der Waals surface area contributed by atoms with E-state index in [2.05, 4.69) is 93.7 Å². The van der Waals surface area contributed by atoms with Crippen LogP contribution in [-0.4, -0.2) is 37.2 Å². The fourth-order valence-electron chi connectivity index (χ4n) is 8.77. The van der Waals surface area contributed by atoms with Crippen LogP contribution in [0.5, 0.6) is 0 Å². The quantitative estimate of drug-likeness (QED) is 0.0261. The molecule has 6 heteroatoms. The summed E-state index contributed by atoms with van der Waals surface area (Å²) in [6, 6.07) is 0. The Morgan fingerprint density at radius 3 is 0.736 bits per heavy atom. The number of ether oxygens (including phenoxy) is 3. The Balaban J connectivity index is 4.46. The lowest BCUT2D eigenvalue weighted by atomic mass is 10.1. The zero-order valence-electron chi connectivity index (χ0n) is 47.7. The normalized spacial score (nSPS) is 12.2. The van der Waals surface area contributed by atoms with Gasteiger partial charge < -0.3 is 14.2 Å². The molecule has 0 fully saturated rings. The van der Waals surface area contributed by atoms with E-state index in [0.717, 1.165) is 116 Å². The molecule has 0 spiro atoms. The molecule has 0 aromatic carbocycles. The number of carbonyl (C=O) groups excluding carboxylic acids is 3. The summed E-state index contributed by atoms with van der Waals surface area (Å²) >= 11 is 0. The van der Waals surface area contributed by atoms with Crippen molar-refractivity contribution in [1.82, 2.24) is 0 Å². The third kappa shape index (κ3) is 57.7. The minimum atomic E-state index is -0.798. The molecule has 0 aliphatic heterocycles. The van der Waals surface area contributed by atoms with E-state index < -0.39 is 6.10 Å². The molecule has 72 heavy (non-hydrogen) atoms. The number of unbranched alkanes of at least 4 members (excludes halogenated alkanes) is 36. The van der Waals surface area contributed by atoms with Crippen LogP contribution in [0.2, 0.25) is 0 Å². The number of hydrogen-bond donors (Lipinski definition) is 0. The smallest absolute Gasteiger partial charge is 0.306 e. The van der Waals surface area contributed by atoms with Crippen LogP contribution in [0.4, 0.5) is 0 Å². The van der Waals surface area contributed by atoms with Crippen LogP contribution < -0.4 is 0 Å². The maximum Gasteiger partial charge on any atom is 0.306 e. The van der Waals surface area contributed by atoms with E-state index in [0.29, 0.717) is 19.3 Å². The van der Waals surface area contributed by atoms with Gasteiger partial charge in [-0.25, -0.2) is 0 Å². The third-order valence-electron chi connectivity index (χ3n) is 13.5. The lowest BCUT2D eigenvalue weighted by molar-refractivity contribution is -0.167. The number of carbonyl (C=O) groups is 3.